The van der Waals surface area contributed by atoms with Crippen molar-refractivity contribution in [3.05, 3.63) is 11.5 Å². The lowest BCUT2D eigenvalue weighted by molar-refractivity contribution is 0.421. The van der Waals surface area contributed by atoms with E-state index in [0.29, 0.717) is 18.0 Å². The van der Waals surface area contributed by atoms with E-state index in [-0.39, 0.29) is 5.88 Å². The van der Waals surface area contributed by atoms with Gasteiger partial charge in [0.15, 0.2) is 5.82 Å². The van der Waals surface area contributed by atoms with Gasteiger partial charge >= 0.3 is 0 Å². The highest BCUT2D eigenvalue weighted by atomic mass is 16.3. The Morgan fingerprint density at radius 2 is 1.61 bits per heavy atom. The first-order valence-corrected chi connectivity index (χ1v) is 7.23. The molecule has 4 nitrogen and oxygen atoms in total. The van der Waals surface area contributed by atoms with Gasteiger partial charge in [0.05, 0.1) is 0 Å². The maximum atomic E-state index is 9.79. The highest BCUT2D eigenvalue weighted by Gasteiger charge is 2.18. The Labute approximate surface area is 109 Å². The van der Waals surface area contributed by atoms with Crippen LogP contribution < -0.4 is 0 Å². The van der Waals surface area contributed by atoms with Crippen molar-refractivity contribution in [2.75, 3.05) is 0 Å². The lowest BCUT2D eigenvalue weighted by atomic mass is 9.96. The van der Waals surface area contributed by atoms with E-state index in [0.717, 1.165) is 18.7 Å². The van der Waals surface area contributed by atoms with Crippen LogP contribution in [0.3, 0.4) is 0 Å². The zero-order valence-electron chi connectivity index (χ0n) is 11.2. The van der Waals surface area contributed by atoms with Crippen LogP contribution in [0.1, 0.15) is 75.7 Å². The molecule has 0 bridgehead atoms. The van der Waals surface area contributed by atoms with Gasteiger partial charge in [0.2, 0.25) is 5.88 Å². The van der Waals surface area contributed by atoms with Crippen molar-refractivity contribution >= 4 is 0 Å². The minimum Gasteiger partial charge on any atom is -0.492 e. The van der Waals surface area contributed by atoms with Gasteiger partial charge in [-0.05, 0) is 19.3 Å². The van der Waals surface area contributed by atoms with Gasteiger partial charge in [0, 0.05) is 5.92 Å². The monoisotopic (exact) mass is 249 g/mol. The minimum absolute atomic E-state index is 0.0716. The molecule has 1 fully saturated rings. The van der Waals surface area contributed by atoms with Crippen LogP contribution in [-0.2, 0) is 6.42 Å². The predicted molar refractivity (Wildman–Crippen MR) is 70.5 cm³/mol. The van der Waals surface area contributed by atoms with E-state index in [1.54, 1.807) is 0 Å². The summed E-state index contributed by atoms with van der Waals surface area (Å²) in [4.78, 5) is 4.25. The Kier molecular flexibility index (Phi) is 4.90. The molecule has 100 valence electrons. The summed E-state index contributed by atoms with van der Waals surface area (Å²) in [5, 5.41) is 18.1. The molecule has 4 heteroatoms. The fourth-order valence-electron chi connectivity index (χ4n) is 2.64. The van der Waals surface area contributed by atoms with E-state index in [4.69, 9.17) is 0 Å². The number of hydrogen-bond acceptors (Lipinski definition) is 4. The van der Waals surface area contributed by atoms with E-state index >= 15 is 0 Å². The fraction of sp³-hybridized carbons (Fsp3) is 0.786. The highest BCUT2D eigenvalue weighted by Crippen LogP contribution is 2.29. The van der Waals surface area contributed by atoms with Gasteiger partial charge in [-0.3, -0.25) is 0 Å². The van der Waals surface area contributed by atoms with Crippen LogP contribution >= 0.6 is 0 Å². The minimum atomic E-state index is 0.0716. The molecule has 0 atom stereocenters. The molecule has 0 saturated heterocycles. The molecule has 1 aliphatic carbocycles. The summed E-state index contributed by atoms with van der Waals surface area (Å²) in [6.45, 7) is 1.95. The third-order valence-electron chi connectivity index (χ3n) is 3.81. The third-order valence-corrected chi connectivity index (χ3v) is 3.81. The number of rotatable bonds is 2. The number of aryl methyl sites for hydroxylation is 1. The van der Waals surface area contributed by atoms with Crippen LogP contribution in [0, 0.1) is 0 Å². The first-order valence-electron chi connectivity index (χ1n) is 7.23. The molecular weight excluding hydrogens is 226 g/mol. The second-order valence-corrected chi connectivity index (χ2v) is 5.19. The predicted octanol–water partition coefficient (Wildman–Crippen LogP) is 3.36. The van der Waals surface area contributed by atoms with Crippen molar-refractivity contribution in [3.8, 4) is 5.88 Å². The summed E-state index contributed by atoms with van der Waals surface area (Å²) in [7, 11) is 0. The van der Waals surface area contributed by atoms with Crippen LogP contribution in [0.2, 0.25) is 0 Å². The van der Waals surface area contributed by atoms with E-state index in [9.17, 15) is 5.11 Å². The summed E-state index contributed by atoms with van der Waals surface area (Å²) in [6, 6.07) is 0. The normalized spacial score (nSPS) is 18.9. The summed E-state index contributed by atoms with van der Waals surface area (Å²) >= 11 is 0. The maximum absolute atomic E-state index is 9.79. The van der Waals surface area contributed by atoms with Crippen LogP contribution in [0.25, 0.3) is 0 Å². The van der Waals surface area contributed by atoms with Gasteiger partial charge in [-0.15, -0.1) is 10.2 Å². The first kappa shape index (κ1) is 13.2. The van der Waals surface area contributed by atoms with Crippen molar-refractivity contribution in [2.45, 2.75) is 70.6 Å². The Morgan fingerprint density at radius 1 is 1.00 bits per heavy atom. The van der Waals surface area contributed by atoms with Gasteiger partial charge in [0.25, 0.3) is 0 Å². The average molecular weight is 249 g/mol. The quantitative estimate of drug-likeness (QED) is 0.873. The fourth-order valence-corrected chi connectivity index (χ4v) is 2.64. The molecule has 0 unspecified atom stereocenters. The van der Waals surface area contributed by atoms with E-state index in [1.165, 1.54) is 38.5 Å². The van der Waals surface area contributed by atoms with Crippen molar-refractivity contribution in [1.82, 2.24) is 15.2 Å². The molecule has 0 aliphatic heterocycles. The summed E-state index contributed by atoms with van der Waals surface area (Å²) < 4.78 is 0. The largest absolute Gasteiger partial charge is 0.492 e. The maximum Gasteiger partial charge on any atom is 0.236 e. The number of aromatic nitrogens is 3. The number of hydrogen-bond donors (Lipinski definition) is 1. The van der Waals surface area contributed by atoms with Gasteiger partial charge < -0.3 is 5.11 Å². The van der Waals surface area contributed by atoms with E-state index in [2.05, 4.69) is 15.2 Å². The smallest absolute Gasteiger partial charge is 0.236 e. The molecule has 18 heavy (non-hydrogen) atoms. The van der Waals surface area contributed by atoms with Crippen LogP contribution in [0.4, 0.5) is 0 Å². The zero-order valence-corrected chi connectivity index (χ0v) is 11.2. The van der Waals surface area contributed by atoms with Gasteiger partial charge in [0.1, 0.15) is 5.69 Å². The van der Waals surface area contributed by atoms with Crippen molar-refractivity contribution in [2.24, 2.45) is 0 Å². The molecule has 1 saturated carbocycles. The summed E-state index contributed by atoms with van der Waals surface area (Å²) in [5.41, 5.74) is 0.599. The second kappa shape index (κ2) is 6.66. The molecule has 1 aliphatic rings. The molecule has 1 aromatic heterocycles. The van der Waals surface area contributed by atoms with E-state index < -0.39 is 0 Å². The standard InChI is InChI=1S/C14H23N3O/c1-2-12-14(18)15-13(17-16-12)11-9-7-5-3-4-6-8-10-11/h11H,2-10H2,1H3,(H,15,17,18). The second-order valence-electron chi connectivity index (χ2n) is 5.19. The van der Waals surface area contributed by atoms with Gasteiger partial charge in [-0.25, -0.2) is 0 Å². The third kappa shape index (κ3) is 3.40. The van der Waals surface area contributed by atoms with E-state index in [1.807, 2.05) is 6.92 Å². The summed E-state index contributed by atoms with van der Waals surface area (Å²) in [6.07, 6.45) is 10.7. The lowest BCUT2D eigenvalue weighted by Crippen LogP contribution is -2.08. The molecule has 1 heterocycles. The number of nitrogens with zero attached hydrogens (tertiary/aromatic N) is 3. The molecule has 0 amide bonds. The van der Waals surface area contributed by atoms with Crippen LogP contribution in [-0.4, -0.2) is 20.3 Å². The molecule has 0 spiro atoms. The Hall–Kier alpha value is -1.19. The Bertz CT molecular complexity index is 371. The SMILES string of the molecule is CCc1nnc(C2CCCCCCCC2)nc1O. The van der Waals surface area contributed by atoms with Crippen molar-refractivity contribution in [1.29, 1.82) is 0 Å². The molecule has 2 rings (SSSR count). The number of aromatic hydroxyl groups is 1. The zero-order chi connectivity index (χ0) is 12.8. The Morgan fingerprint density at radius 3 is 2.17 bits per heavy atom. The summed E-state index contributed by atoms with van der Waals surface area (Å²) in [5.74, 6) is 1.20. The first-order chi connectivity index (χ1) is 8.81. The van der Waals surface area contributed by atoms with Crippen LogP contribution in [0.5, 0.6) is 5.88 Å². The van der Waals surface area contributed by atoms with Gasteiger partial charge in [-0.2, -0.15) is 4.98 Å². The highest BCUT2D eigenvalue weighted by molar-refractivity contribution is 5.16. The van der Waals surface area contributed by atoms with Crippen molar-refractivity contribution < 1.29 is 5.11 Å². The van der Waals surface area contributed by atoms with Crippen molar-refractivity contribution in [3.63, 3.8) is 0 Å². The lowest BCUT2D eigenvalue weighted by Gasteiger charge is -2.14. The molecule has 1 N–H and O–H groups in total. The van der Waals surface area contributed by atoms with Crippen LogP contribution in [0.15, 0.2) is 0 Å². The molecule has 1 aromatic rings. The molecular formula is C14H23N3O. The molecule has 0 aromatic carbocycles. The molecule has 0 radical (unpaired) electrons. The Balaban J connectivity index is 2.09. The van der Waals surface area contributed by atoms with Gasteiger partial charge in [-0.1, -0.05) is 45.4 Å². The average Bonchev–Trinajstić information content (AvgIpc) is 2.52. The topological polar surface area (TPSA) is 58.9 Å².